The number of ether oxygens (including phenoxy) is 1. The maximum Gasteiger partial charge on any atom is 0.272 e. The van der Waals surface area contributed by atoms with E-state index in [1.54, 1.807) is 6.07 Å². The lowest BCUT2D eigenvalue weighted by Crippen LogP contribution is -2.36. The van der Waals surface area contributed by atoms with Crippen molar-refractivity contribution < 1.29 is 9.53 Å². The molecule has 0 radical (unpaired) electrons. The van der Waals surface area contributed by atoms with Gasteiger partial charge in [0.05, 0.1) is 35.1 Å². The molecule has 6 heteroatoms. The lowest BCUT2D eigenvalue weighted by Gasteiger charge is -2.30. The predicted molar refractivity (Wildman–Crippen MR) is 101 cm³/mol. The summed E-state index contributed by atoms with van der Waals surface area (Å²) in [5, 5.41) is 4.53. The number of hydrogen-bond acceptors (Lipinski definition) is 3. The van der Waals surface area contributed by atoms with E-state index in [0.29, 0.717) is 23.9 Å². The molecule has 2 aromatic carbocycles. The van der Waals surface area contributed by atoms with Crippen molar-refractivity contribution in [1.29, 1.82) is 0 Å². The number of carbonyl (C=O) groups excluding carboxylic acids is 1. The molecule has 3 aromatic rings. The number of nitrogens with zero attached hydrogens (tertiary/aromatic N) is 1. The molecule has 1 aliphatic rings. The zero-order chi connectivity index (χ0) is 17.2. The van der Waals surface area contributed by atoms with Crippen LogP contribution in [-0.4, -0.2) is 37.2 Å². The van der Waals surface area contributed by atoms with E-state index in [9.17, 15) is 4.79 Å². The first-order valence-electron chi connectivity index (χ1n) is 8.23. The number of benzene rings is 2. The number of aromatic amines is 1. The van der Waals surface area contributed by atoms with Crippen molar-refractivity contribution in [3.05, 3.63) is 59.2 Å². The van der Waals surface area contributed by atoms with E-state index in [-0.39, 0.29) is 5.91 Å². The molecule has 4 rings (SSSR count). The first kappa shape index (κ1) is 16.0. The highest BCUT2D eigenvalue weighted by atomic mass is 35.5. The van der Waals surface area contributed by atoms with Crippen LogP contribution in [0.2, 0.25) is 5.02 Å². The number of para-hydroxylation sites is 3. The zero-order valence-corrected chi connectivity index (χ0v) is 14.3. The number of carbonyl (C=O) groups is 1. The van der Waals surface area contributed by atoms with E-state index >= 15 is 0 Å². The van der Waals surface area contributed by atoms with Gasteiger partial charge >= 0.3 is 0 Å². The largest absolute Gasteiger partial charge is 0.378 e. The van der Waals surface area contributed by atoms with Crippen molar-refractivity contribution in [2.75, 3.05) is 36.5 Å². The van der Waals surface area contributed by atoms with E-state index in [1.807, 2.05) is 42.5 Å². The highest BCUT2D eigenvalue weighted by Crippen LogP contribution is 2.28. The second-order valence-electron chi connectivity index (χ2n) is 5.96. The van der Waals surface area contributed by atoms with E-state index in [4.69, 9.17) is 16.3 Å². The molecule has 0 saturated carbocycles. The Kier molecular flexibility index (Phi) is 4.34. The van der Waals surface area contributed by atoms with Crippen molar-refractivity contribution in [2.45, 2.75) is 0 Å². The summed E-state index contributed by atoms with van der Waals surface area (Å²) in [5.41, 5.74) is 3.06. The van der Waals surface area contributed by atoms with Crippen molar-refractivity contribution in [1.82, 2.24) is 4.98 Å². The van der Waals surface area contributed by atoms with Crippen LogP contribution >= 0.6 is 11.6 Å². The molecule has 1 saturated heterocycles. The van der Waals surface area contributed by atoms with E-state index < -0.39 is 0 Å². The summed E-state index contributed by atoms with van der Waals surface area (Å²) in [6.45, 7) is 3.02. The second kappa shape index (κ2) is 6.78. The minimum absolute atomic E-state index is 0.187. The zero-order valence-electron chi connectivity index (χ0n) is 13.6. The Labute approximate surface area is 150 Å². The van der Waals surface area contributed by atoms with Gasteiger partial charge in [-0.1, -0.05) is 35.9 Å². The average Bonchev–Trinajstić information content (AvgIpc) is 3.09. The van der Waals surface area contributed by atoms with Gasteiger partial charge in [0.15, 0.2) is 0 Å². The smallest absolute Gasteiger partial charge is 0.272 e. The number of rotatable bonds is 3. The third-order valence-electron chi connectivity index (χ3n) is 4.35. The van der Waals surface area contributed by atoms with Crippen LogP contribution in [0.3, 0.4) is 0 Å². The number of morpholine rings is 1. The number of fused-ring (bicyclic) bond motifs is 1. The summed E-state index contributed by atoms with van der Waals surface area (Å²) in [4.78, 5) is 18.0. The standard InChI is InChI=1S/C19H18ClN3O2/c20-14-5-3-4-13-12-16(21-18(13)14)19(24)22-15-6-1-2-7-17(15)23-8-10-25-11-9-23/h1-7,12,21H,8-11H2,(H,22,24). The molecular weight excluding hydrogens is 338 g/mol. The summed E-state index contributed by atoms with van der Waals surface area (Å²) in [6, 6.07) is 15.2. The van der Waals surface area contributed by atoms with E-state index in [2.05, 4.69) is 15.2 Å². The molecule has 128 valence electrons. The predicted octanol–water partition coefficient (Wildman–Crippen LogP) is 3.91. The minimum atomic E-state index is -0.187. The van der Waals surface area contributed by atoms with Crippen molar-refractivity contribution in [2.24, 2.45) is 0 Å². The number of nitrogens with one attached hydrogen (secondary N) is 2. The van der Waals surface area contributed by atoms with Crippen LogP contribution in [0.5, 0.6) is 0 Å². The molecule has 1 aliphatic heterocycles. The molecular formula is C19H18ClN3O2. The highest BCUT2D eigenvalue weighted by molar-refractivity contribution is 6.35. The maximum absolute atomic E-state index is 12.7. The lowest BCUT2D eigenvalue weighted by atomic mass is 10.2. The molecule has 0 unspecified atom stereocenters. The topological polar surface area (TPSA) is 57.4 Å². The fourth-order valence-electron chi connectivity index (χ4n) is 3.09. The lowest BCUT2D eigenvalue weighted by molar-refractivity contribution is 0.102. The molecule has 2 heterocycles. The van der Waals surface area contributed by atoms with Gasteiger partial charge in [0.2, 0.25) is 0 Å². The Hall–Kier alpha value is -2.50. The second-order valence-corrected chi connectivity index (χ2v) is 6.36. The van der Waals surface area contributed by atoms with Gasteiger partial charge in [0.1, 0.15) is 5.69 Å². The molecule has 0 aliphatic carbocycles. The molecule has 1 amide bonds. The minimum Gasteiger partial charge on any atom is -0.378 e. The molecule has 5 nitrogen and oxygen atoms in total. The van der Waals surface area contributed by atoms with Crippen LogP contribution in [0.15, 0.2) is 48.5 Å². The summed E-state index contributed by atoms with van der Waals surface area (Å²) < 4.78 is 5.41. The van der Waals surface area contributed by atoms with Gasteiger partial charge in [0, 0.05) is 18.5 Å². The van der Waals surface area contributed by atoms with E-state index in [1.165, 1.54) is 0 Å². The summed E-state index contributed by atoms with van der Waals surface area (Å²) in [7, 11) is 0. The first-order valence-corrected chi connectivity index (χ1v) is 8.60. The van der Waals surface area contributed by atoms with Gasteiger partial charge in [-0.15, -0.1) is 0 Å². The number of halogens is 1. The fourth-order valence-corrected chi connectivity index (χ4v) is 3.32. The van der Waals surface area contributed by atoms with Gasteiger partial charge in [-0.3, -0.25) is 4.79 Å². The van der Waals surface area contributed by atoms with Gasteiger partial charge in [-0.25, -0.2) is 0 Å². The molecule has 0 spiro atoms. The molecule has 2 N–H and O–H groups in total. The number of amides is 1. The average molecular weight is 356 g/mol. The molecule has 1 aromatic heterocycles. The quantitative estimate of drug-likeness (QED) is 0.749. The third-order valence-corrected chi connectivity index (χ3v) is 4.67. The van der Waals surface area contributed by atoms with Crippen molar-refractivity contribution >= 4 is 39.8 Å². The van der Waals surface area contributed by atoms with Crippen LogP contribution in [-0.2, 0) is 4.74 Å². The van der Waals surface area contributed by atoms with Gasteiger partial charge in [0.25, 0.3) is 5.91 Å². The van der Waals surface area contributed by atoms with Crippen LogP contribution in [0, 0.1) is 0 Å². The number of anilines is 2. The third kappa shape index (κ3) is 3.21. The van der Waals surface area contributed by atoms with Gasteiger partial charge < -0.3 is 19.9 Å². The highest BCUT2D eigenvalue weighted by Gasteiger charge is 2.17. The molecule has 25 heavy (non-hydrogen) atoms. The van der Waals surface area contributed by atoms with Crippen molar-refractivity contribution in [3.63, 3.8) is 0 Å². The van der Waals surface area contributed by atoms with Crippen LogP contribution in [0.4, 0.5) is 11.4 Å². The number of aromatic nitrogens is 1. The fraction of sp³-hybridized carbons (Fsp3) is 0.211. The maximum atomic E-state index is 12.7. The Morgan fingerprint density at radius 2 is 1.92 bits per heavy atom. The summed E-state index contributed by atoms with van der Waals surface area (Å²) >= 11 is 6.18. The van der Waals surface area contributed by atoms with Gasteiger partial charge in [-0.2, -0.15) is 0 Å². The summed E-state index contributed by atoms with van der Waals surface area (Å²) in [6.07, 6.45) is 0. The number of H-pyrrole nitrogens is 1. The van der Waals surface area contributed by atoms with Crippen LogP contribution in [0.1, 0.15) is 10.5 Å². The number of hydrogen-bond donors (Lipinski definition) is 2. The molecule has 1 fully saturated rings. The monoisotopic (exact) mass is 355 g/mol. The Morgan fingerprint density at radius 1 is 1.12 bits per heavy atom. The molecule has 0 atom stereocenters. The Bertz CT molecular complexity index is 916. The Morgan fingerprint density at radius 3 is 2.72 bits per heavy atom. The Balaban J connectivity index is 1.61. The summed E-state index contributed by atoms with van der Waals surface area (Å²) in [5.74, 6) is -0.187. The van der Waals surface area contributed by atoms with Crippen LogP contribution < -0.4 is 10.2 Å². The van der Waals surface area contributed by atoms with E-state index in [0.717, 1.165) is 35.4 Å². The molecule has 0 bridgehead atoms. The normalized spacial score (nSPS) is 14.7. The first-order chi connectivity index (χ1) is 12.2. The van der Waals surface area contributed by atoms with Crippen LogP contribution in [0.25, 0.3) is 10.9 Å². The SMILES string of the molecule is O=C(Nc1ccccc1N1CCOCC1)c1cc2cccc(Cl)c2[nH]1. The van der Waals surface area contributed by atoms with Gasteiger partial charge in [-0.05, 0) is 24.3 Å². The van der Waals surface area contributed by atoms with Crippen molar-refractivity contribution in [3.8, 4) is 0 Å².